The van der Waals surface area contributed by atoms with Crippen LogP contribution in [0, 0.1) is 11.3 Å². The van der Waals surface area contributed by atoms with E-state index in [1.807, 2.05) is 58.2 Å². The summed E-state index contributed by atoms with van der Waals surface area (Å²) in [7, 11) is 1.97. The molecule has 1 aliphatic rings. The van der Waals surface area contributed by atoms with Gasteiger partial charge >= 0.3 is 12.1 Å². The lowest BCUT2D eigenvalue weighted by atomic mass is 9.66. The number of rotatable bonds is 4. The number of likely N-dealkylation sites (tertiary alicyclic amines) is 1. The number of likely N-dealkylation sites (N-methyl/N-ethyl adjacent to an activating group) is 1. The zero-order chi connectivity index (χ0) is 21.3. The van der Waals surface area contributed by atoms with Crippen LogP contribution in [-0.2, 0) is 16.1 Å². The minimum absolute atomic E-state index is 0.140. The molecule has 2 unspecified atom stereocenters. The highest BCUT2D eigenvalue weighted by Crippen LogP contribution is 2.47. The van der Waals surface area contributed by atoms with Crippen molar-refractivity contribution in [1.82, 2.24) is 9.80 Å². The monoisotopic (exact) mass is 390 g/mol. The molecule has 0 radical (unpaired) electrons. The molecule has 2 atom stereocenters. The number of esters is 1. The molecule has 0 saturated carbocycles. The lowest BCUT2D eigenvalue weighted by Gasteiger charge is -2.51. The molecular formula is C22H34N2O4. The zero-order valence-corrected chi connectivity index (χ0v) is 18.2. The van der Waals surface area contributed by atoms with E-state index in [2.05, 4.69) is 25.7 Å². The molecule has 0 bridgehead atoms. The number of nitrogens with zero attached hydrogens (tertiary/aromatic N) is 2. The zero-order valence-electron chi connectivity index (χ0n) is 18.2. The molecule has 1 aromatic rings. The van der Waals surface area contributed by atoms with Gasteiger partial charge in [0.15, 0.2) is 0 Å². The van der Waals surface area contributed by atoms with Crippen molar-refractivity contribution < 1.29 is 19.4 Å². The predicted molar refractivity (Wildman–Crippen MR) is 109 cm³/mol. The van der Waals surface area contributed by atoms with Crippen LogP contribution < -0.4 is 0 Å². The summed E-state index contributed by atoms with van der Waals surface area (Å²) in [5.41, 5.74) is -0.563. The first-order valence-corrected chi connectivity index (χ1v) is 9.74. The predicted octanol–water partition coefficient (Wildman–Crippen LogP) is 3.85. The van der Waals surface area contributed by atoms with Gasteiger partial charge in [-0.3, -0.25) is 9.69 Å². The van der Waals surface area contributed by atoms with Crippen molar-refractivity contribution in [3.63, 3.8) is 0 Å². The van der Waals surface area contributed by atoms with Crippen LogP contribution in [0.4, 0.5) is 4.79 Å². The van der Waals surface area contributed by atoms with Crippen molar-refractivity contribution in [1.29, 1.82) is 0 Å². The van der Waals surface area contributed by atoms with Crippen molar-refractivity contribution in [2.45, 2.75) is 59.2 Å². The van der Waals surface area contributed by atoms with Gasteiger partial charge in [-0.05, 0) is 38.8 Å². The Morgan fingerprint density at radius 3 is 2.21 bits per heavy atom. The van der Waals surface area contributed by atoms with Crippen LogP contribution in [0.25, 0.3) is 0 Å². The van der Waals surface area contributed by atoms with Crippen LogP contribution in [0.1, 0.15) is 47.1 Å². The summed E-state index contributed by atoms with van der Waals surface area (Å²) >= 11 is 0. The third-order valence-corrected chi connectivity index (χ3v) is 5.62. The van der Waals surface area contributed by atoms with Gasteiger partial charge in [0.2, 0.25) is 0 Å². The van der Waals surface area contributed by atoms with Crippen LogP contribution in [0.3, 0.4) is 0 Å². The summed E-state index contributed by atoms with van der Waals surface area (Å²) in [6, 6.07) is 10.0. The Morgan fingerprint density at radius 1 is 1.18 bits per heavy atom. The molecule has 2 rings (SSSR count). The number of carbonyl (C=O) groups excluding carboxylic acids is 1. The molecule has 1 aromatic carbocycles. The summed E-state index contributed by atoms with van der Waals surface area (Å²) in [5, 5.41) is 9.67. The quantitative estimate of drug-likeness (QED) is 0.791. The summed E-state index contributed by atoms with van der Waals surface area (Å²) in [5.74, 6) is -0.914. The Kier molecular flexibility index (Phi) is 6.14. The first-order valence-electron chi connectivity index (χ1n) is 9.74. The van der Waals surface area contributed by atoms with Gasteiger partial charge in [-0.2, -0.15) is 0 Å². The van der Waals surface area contributed by atoms with Crippen LogP contribution in [-0.4, -0.2) is 58.2 Å². The smallest absolute Gasteiger partial charge is 0.407 e. The van der Waals surface area contributed by atoms with Gasteiger partial charge in [0, 0.05) is 19.6 Å². The summed E-state index contributed by atoms with van der Waals surface area (Å²) < 4.78 is 5.72. The Morgan fingerprint density at radius 2 is 1.75 bits per heavy atom. The summed E-state index contributed by atoms with van der Waals surface area (Å²) in [6.45, 7) is 12.7. The maximum absolute atomic E-state index is 13.2. The minimum atomic E-state index is -1.01. The topological polar surface area (TPSA) is 70.1 Å². The SMILES string of the molecule is CN(Cc1ccccc1)C1(C(C)(C)C)CN(C(=O)O)CC1C(=O)OC(C)(C)C. The van der Waals surface area contributed by atoms with Gasteiger partial charge in [-0.1, -0.05) is 51.1 Å². The fraction of sp³-hybridized carbons (Fsp3) is 0.636. The summed E-state index contributed by atoms with van der Waals surface area (Å²) in [6.07, 6.45) is -1.01. The Balaban J connectivity index is 2.49. The van der Waals surface area contributed by atoms with Crippen LogP contribution in [0.5, 0.6) is 0 Å². The Bertz CT molecular complexity index is 705. The number of carboxylic acid groups (broad SMARTS) is 1. The molecule has 6 nitrogen and oxygen atoms in total. The van der Waals surface area contributed by atoms with Gasteiger partial charge in [0.05, 0.1) is 11.5 Å². The molecule has 1 N–H and O–H groups in total. The van der Waals surface area contributed by atoms with Crippen molar-refractivity contribution in [2.75, 3.05) is 20.1 Å². The molecule has 0 aromatic heterocycles. The number of carbonyl (C=O) groups is 2. The Hall–Kier alpha value is -2.08. The summed E-state index contributed by atoms with van der Waals surface area (Å²) in [4.78, 5) is 28.5. The molecule has 6 heteroatoms. The second-order valence-corrected chi connectivity index (χ2v) is 9.77. The molecular weight excluding hydrogens is 356 g/mol. The standard InChI is InChI=1S/C22H34N2O4/c1-20(2,3)22(23(7)13-16-11-9-8-10-12-16)15-24(19(26)27)14-17(22)18(25)28-21(4,5)6/h8-12,17H,13-15H2,1-7H3,(H,26,27). The van der Waals surface area contributed by atoms with Gasteiger partial charge in [0.25, 0.3) is 0 Å². The van der Waals surface area contributed by atoms with E-state index in [4.69, 9.17) is 4.74 Å². The number of hydrogen-bond donors (Lipinski definition) is 1. The van der Waals surface area contributed by atoms with Crippen molar-refractivity contribution in [3.05, 3.63) is 35.9 Å². The van der Waals surface area contributed by atoms with E-state index >= 15 is 0 Å². The van der Waals surface area contributed by atoms with Crippen molar-refractivity contribution in [3.8, 4) is 0 Å². The van der Waals surface area contributed by atoms with Gasteiger partial charge in [-0.15, -0.1) is 0 Å². The molecule has 0 spiro atoms. The number of amides is 1. The molecule has 1 fully saturated rings. The number of benzene rings is 1. The molecule has 156 valence electrons. The highest BCUT2D eigenvalue weighted by molar-refractivity contribution is 5.78. The first kappa shape index (κ1) is 22.2. The molecule has 1 amide bonds. The van der Waals surface area contributed by atoms with Crippen LogP contribution in [0.15, 0.2) is 30.3 Å². The average Bonchev–Trinajstić information content (AvgIpc) is 2.96. The van der Waals surface area contributed by atoms with E-state index < -0.39 is 23.2 Å². The van der Waals surface area contributed by atoms with Crippen LogP contribution in [0.2, 0.25) is 0 Å². The second kappa shape index (κ2) is 7.74. The van der Waals surface area contributed by atoms with Crippen molar-refractivity contribution in [2.24, 2.45) is 11.3 Å². The molecule has 1 saturated heterocycles. The third-order valence-electron chi connectivity index (χ3n) is 5.62. The molecule has 1 aliphatic heterocycles. The fourth-order valence-electron chi connectivity index (χ4n) is 4.34. The Labute approximate surface area is 168 Å². The van der Waals surface area contributed by atoms with Crippen molar-refractivity contribution >= 4 is 12.1 Å². The van der Waals surface area contributed by atoms with Crippen LogP contribution >= 0.6 is 0 Å². The van der Waals surface area contributed by atoms with E-state index in [-0.39, 0.29) is 24.5 Å². The van der Waals surface area contributed by atoms with E-state index in [9.17, 15) is 14.7 Å². The van der Waals surface area contributed by atoms with E-state index in [1.165, 1.54) is 4.90 Å². The third kappa shape index (κ3) is 4.49. The van der Waals surface area contributed by atoms with Gasteiger partial charge in [0.1, 0.15) is 5.60 Å². The molecule has 1 heterocycles. The minimum Gasteiger partial charge on any atom is -0.465 e. The largest absolute Gasteiger partial charge is 0.465 e. The van der Waals surface area contributed by atoms with E-state index in [1.54, 1.807) is 0 Å². The highest BCUT2D eigenvalue weighted by Gasteiger charge is 2.60. The first-order chi connectivity index (χ1) is 12.8. The normalized spacial score (nSPS) is 23.1. The van der Waals surface area contributed by atoms with E-state index in [0.29, 0.717) is 6.54 Å². The van der Waals surface area contributed by atoms with E-state index in [0.717, 1.165) is 5.56 Å². The maximum Gasteiger partial charge on any atom is 0.407 e. The molecule has 0 aliphatic carbocycles. The van der Waals surface area contributed by atoms with Gasteiger partial charge in [-0.25, -0.2) is 4.79 Å². The molecule has 28 heavy (non-hydrogen) atoms. The highest BCUT2D eigenvalue weighted by atomic mass is 16.6. The van der Waals surface area contributed by atoms with Gasteiger partial charge < -0.3 is 14.7 Å². The number of ether oxygens (including phenoxy) is 1. The average molecular weight is 391 g/mol. The number of hydrogen-bond acceptors (Lipinski definition) is 4. The second-order valence-electron chi connectivity index (χ2n) is 9.77. The maximum atomic E-state index is 13.2. The fourth-order valence-corrected chi connectivity index (χ4v) is 4.34. The lowest BCUT2D eigenvalue weighted by Crippen LogP contribution is -2.63. The lowest BCUT2D eigenvalue weighted by molar-refractivity contribution is -0.167.